The van der Waals surface area contributed by atoms with E-state index in [1.165, 1.54) is 193 Å². The van der Waals surface area contributed by atoms with E-state index in [0.29, 0.717) is 19.3 Å². The summed E-state index contributed by atoms with van der Waals surface area (Å²) in [5, 5.41) is 0. The van der Waals surface area contributed by atoms with E-state index in [2.05, 4.69) is 27.7 Å². The maximum Gasteiger partial charge on any atom is 0.306 e. The van der Waals surface area contributed by atoms with Crippen LogP contribution < -0.4 is 0 Å². The second-order valence-electron chi connectivity index (χ2n) is 18.4. The smallest absolute Gasteiger partial charge is 0.306 e. The molecule has 1 unspecified atom stereocenters. The van der Waals surface area contributed by atoms with E-state index < -0.39 is 6.10 Å². The maximum atomic E-state index is 12.8. The standard InChI is InChI=1S/C53H102O6/c1-5-8-10-12-14-16-18-19-20-21-22-23-24-26-28-34-38-42-46-53(56)59-50(47-57-51(54)44-40-36-32-27-25-17-15-13-11-9-6-2)48-58-52(55)45-41-37-33-30-29-31-35-39-43-49(4)7-3/h49-50H,5-48H2,1-4H3/t49?,50-/m0/s1. The largest absolute Gasteiger partial charge is 0.462 e. The Hall–Kier alpha value is -1.59. The Morgan fingerprint density at radius 3 is 0.881 bits per heavy atom. The van der Waals surface area contributed by atoms with Crippen molar-refractivity contribution in [1.82, 2.24) is 0 Å². The third-order valence-electron chi connectivity index (χ3n) is 12.4. The molecular formula is C53H102O6. The van der Waals surface area contributed by atoms with Crippen LogP contribution in [0, 0.1) is 5.92 Å². The first-order valence-electron chi connectivity index (χ1n) is 26.4. The number of carbonyl (C=O) groups is 3. The zero-order chi connectivity index (χ0) is 43.1. The second kappa shape index (κ2) is 47.5. The predicted octanol–water partition coefficient (Wildman–Crippen LogP) is 17.1. The lowest BCUT2D eigenvalue weighted by molar-refractivity contribution is -0.167. The van der Waals surface area contributed by atoms with Gasteiger partial charge in [-0.1, -0.05) is 259 Å². The third kappa shape index (κ3) is 45.8. The molecule has 0 radical (unpaired) electrons. The minimum absolute atomic E-state index is 0.0631. The molecule has 59 heavy (non-hydrogen) atoms. The molecule has 0 aliphatic carbocycles. The first-order chi connectivity index (χ1) is 28.9. The lowest BCUT2D eigenvalue weighted by Crippen LogP contribution is -2.30. The van der Waals surface area contributed by atoms with Crippen LogP contribution in [0.25, 0.3) is 0 Å². The van der Waals surface area contributed by atoms with Crippen LogP contribution in [0.4, 0.5) is 0 Å². The summed E-state index contributed by atoms with van der Waals surface area (Å²) in [6, 6.07) is 0. The summed E-state index contributed by atoms with van der Waals surface area (Å²) in [7, 11) is 0. The van der Waals surface area contributed by atoms with Crippen LogP contribution in [0.5, 0.6) is 0 Å². The summed E-state index contributed by atoms with van der Waals surface area (Å²) in [6.07, 6.45) is 49.4. The number of esters is 3. The topological polar surface area (TPSA) is 78.9 Å². The fraction of sp³-hybridized carbons (Fsp3) is 0.943. The van der Waals surface area contributed by atoms with Crippen LogP contribution in [-0.2, 0) is 28.6 Å². The zero-order valence-corrected chi connectivity index (χ0v) is 40.2. The molecule has 2 atom stereocenters. The van der Waals surface area contributed by atoms with Crippen molar-refractivity contribution in [2.75, 3.05) is 13.2 Å². The van der Waals surface area contributed by atoms with Crippen LogP contribution >= 0.6 is 0 Å². The van der Waals surface area contributed by atoms with Crippen LogP contribution in [0.3, 0.4) is 0 Å². The van der Waals surface area contributed by atoms with Crippen LogP contribution in [0.15, 0.2) is 0 Å². The highest BCUT2D eigenvalue weighted by molar-refractivity contribution is 5.71. The molecule has 6 nitrogen and oxygen atoms in total. The quantitative estimate of drug-likeness (QED) is 0.0345. The van der Waals surface area contributed by atoms with Crippen LogP contribution in [0.2, 0.25) is 0 Å². The molecule has 0 bridgehead atoms. The van der Waals surface area contributed by atoms with Crippen molar-refractivity contribution < 1.29 is 28.6 Å². The average molecular weight is 835 g/mol. The molecule has 0 aromatic carbocycles. The molecule has 0 heterocycles. The average Bonchev–Trinajstić information content (AvgIpc) is 3.23. The molecule has 350 valence electrons. The van der Waals surface area contributed by atoms with Crippen molar-refractivity contribution in [3.8, 4) is 0 Å². The highest BCUT2D eigenvalue weighted by Crippen LogP contribution is 2.18. The van der Waals surface area contributed by atoms with Gasteiger partial charge in [-0.2, -0.15) is 0 Å². The molecule has 0 amide bonds. The maximum absolute atomic E-state index is 12.8. The van der Waals surface area contributed by atoms with E-state index in [1.54, 1.807) is 0 Å². The Morgan fingerprint density at radius 1 is 0.339 bits per heavy atom. The molecular weight excluding hydrogens is 733 g/mol. The van der Waals surface area contributed by atoms with Gasteiger partial charge in [0.2, 0.25) is 0 Å². The molecule has 0 aliphatic rings. The Balaban J connectivity index is 4.28. The van der Waals surface area contributed by atoms with Crippen molar-refractivity contribution in [3.05, 3.63) is 0 Å². The van der Waals surface area contributed by atoms with E-state index in [9.17, 15) is 14.4 Å². The van der Waals surface area contributed by atoms with Crippen molar-refractivity contribution in [3.63, 3.8) is 0 Å². The van der Waals surface area contributed by atoms with Gasteiger partial charge in [0.15, 0.2) is 6.10 Å². The lowest BCUT2D eigenvalue weighted by atomic mass is 9.99. The zero-order valence-electron chi connectivity index (χ0n) is 40.2. The SMILES string of the molecule is CCCCCCCCCCCCCCCCCCCCC(=O)O[C@@H](COC(=O)CCCCCCCCCCCCC)COC(=O)CCCCCCCCCCC(C)CC. The van der Waals surface area contributed by atoms with Gasteiger partial charge in [-0.05, 0) is 25.2 Å². The Kier molecular flexibility index (Phi) is 46.2. The summed E-state index contributed by atoms with van der Waals surface area (Å²) in [4.78, 5) is 37.9. The van der Waals surface area contributed by atoms with E-state index in [0.717, 1.165) is 63.7 Å². The number of carbonyl (C=O) groups excluding carboxylic acids is 3. The fourth-order valence-electron chi connectivity index (χ4n) is 8.01. The van der Waals surface area contributed by atoms with E-state index >= 15 is 0 Å². The molecule has 0 saturated heterocycles. The summed E-state index contributed by atoms with van der Waals surface area (Å²) < 4.78 is 16.8. The van der Waals surface area contributed by atoms with Gasteiger partial charge in [-0.15, -0.1) is 0 Å². The summed E-state index contributed by atoms with van der Waals surface area (Å²) in [5.74, 6) is 0.00232. The van der Waals surface area contributed by atoms with Gasteiger partial charge in [0.25, 0.3) is 0 Å². The van der Waals surface area contributed by atoms with Crippen molar-refractivity contribution in [2.45, 2.75) is 303 Å². The highest BCUT2D eigenvalue weighted by atomic mass is 16.6. The minimum Gasteiger partial charge on any atom is -0.462 e. The normalized spacial score (nSPS) is 12.4. The summed E-state index contributed by atoms with van der Waals surface area (Å²) >= 11 is 0. The van der Waals surface area contributed by atoms with Gasteiger partial charge in [0, 0.05) is 19.3 Å². The first-order valence-corrected chi connectivity index (χ1v) is 26.4. The number of ether oxygens (including phenoxy) is 3. The summed E-state index contributed by atoms with van der Waals surface area (Å²) in [5.41, 5.74) is 0. The number of rotatable bonds is 48. The molecule has 0 saturated carbocycles. The van der Waals surface area contributed by atoms with E-state index in [-0.39, 0.29) is 31.1 Å². The molecule has 0 aromatic heterocycles. The second-order valence-corrected chi connectivity index (χ2v) is 18.4. The lowest BCUT2D eigenvalue weighted by Gasteiger charge is -2.18. The van der Waals surface area contributed by atoms with Gasteiger partial charge >= 0.3 is 17.9 Å². The highest BCUT2D eigenvalue weighted by Gasteiger charge is 2.19. The van der Waals surface area contributed by atoms with Crippen LogP contribution in [-0.4, -0.2) is 37.2 Å². The van der Waals surface area contributed by atoms with Gasteiger partial charge in [-0.25, -0.2) is 0 Å². The van der Waals surface area contributed by atoms with E-state index in [4.69, 9.17) is 14.2 Å². The Morgan fingerprint density at radius 2 is 0.593 bits per heavy atom. The third-order valence-corrected chi connectivity index (χ3v) is 12.4. The molecule has 6 heteroatoms. The number of unbranched alkanes of at least 4 members (excludes halogenated alkanes) is 34. The molecule has 0 spiro atoms. The summed E-state index contributed by atoms with van der Waals surface area (Å²) in [6.45, 7) is 9.03. The fourth-order valence-corrected chi connectivity index (χ4v) is 8.01. The van der Waals surface area contributed by atoms with Crippen molar-refractivity contribution >= 4 is 17.9 Å². The monoisotopic (exact) mass is 835 g/mol. The Bertz CT molecular complexity index is 889. The molecule has 0 aliphatic heterocycles. The predicted molar refractivity (Wildman–Crippen MR) is 252 cm³/mol. The Labute approximate surface area is 368 Å². The molecule has 0 fully saturated rings. The van der Waals surface area contributed by atoms with Crippen LogP contribution in [0.1, 0.15) is 297 Å². The van der Waals surface area contributed by atoms with Crippen molar-refractivity contribution in [1.29, 1.82) is 0 Å². The van der Waals surface area contributed by atoms with Gasteiger partial charge in [-0.3, -0.25) is 14.4 Å². The van der Waals surface area contributed by atoms with Gasteiger partial charge in [0.05, 0.1) is 0 Å². The van der Waals surface area contributed by atoms with E-state index in [1.807, 2.05) is 0 Å². The van der Waals surface area contributed by atoms with Gasteiger partial charge < -0.3 is 14.2 Å². The molecule has 0 rings (SSSR count). The minimum atomic E-state index is -0.761. The first kappa shape index (κ1) is 57.4. The number of hydrogen-bond acceptors (Lipinski definition) is 6. The number of hydrogen-bond donors (Lipinski definition) is 0. The van der Waals surface area contributed by atoms with Crippen molar-refractivity contribution in [2.24, 2.45) is 5.92 Å². The molecule has 0 N–H and O–H groups in total. The van der Waals surface area contributed by atoms with Gasteiger partial charge in [0.1, 0.15) is 13.2 Å². The molecule has 0 aromatic rings.